The van der Waals surface area contributed by atoms with E-state index in [9.17, 15) is 9.59 Å². The lowest BCUT2D eigenvalue weighted by molar-refractivity contribution is -0.120. The van der Waals surface area contributed by atoms with Gasteiger partial charge in [-0.15, -0.1) is 0 Å². The Morgan fingerprint density at radius 1 is 0.758 bits per heavy atom. The van der Waals surface area contributed by atoms with Crippen molar-refractivity contribution in [3.63, 3.8) is 0 Å². The third-order valence-corrected chi connectivity index (χ3v) is 6.76. The highest BCUT2D eigenvalue weighted by atomic mass is 35.5. The molecule has 0 bridgehead atoms. The number of unbranched alkanes of at least 4 members (excludes halogenated alkanes) is 3. The molecule has 33 heavy (non-hydrogen) atoms. The van der Waals surface area contributed by atoms with Crippen molar-refractivity contribution >= 4 is 69.6 Å². The number of carbonyl (C=O) groups is 2. The predicted octanol–water partition coefficient (Wildman–Crippen LogP) is 7.38. The van der Waals surface area contributed by atoms with Gasteiger partial charge >= 0.3 is 0 Å². The van der Waals surface area contributed by atoms with Gasteiger partial charge in [0, 0.05) is 0 Å². The fraction of sp³-hybridized carbons (Fsp3) is 0.417. The van der Waals surface area contributed by atoms with E-state index in [4.69, 9.17) is 46.4 Å². The first-order valence-corrected chi connectivity index (χ1v) is 12.4. The van der Waals surface area contributed by atoms with Crippen LogP contribution in [0.15, 0.2) is 24.3 Å². The molecule has 2 N–H and O–H groups in total. The monoisotopic (exact) mass is 531 g/mol. The Bertz CT molecular complexity index is 925. The summed E-state index contributed by atoms with van der Waals surface area (Å²) in [6, 6.07) is 6.94. The van der Waals surface area contributed by atoms with Gasteiger partial charge < -0.3 is 10.6 Å². The van der Waals surface area contributed by atoms with E-state index in [1.54, 1.807) is 29.2 Å². The van der Waals surface area contributed by atoms with E-state index < -0.39 is 0 Å². The molecule has 0 aliphatic carbocycles. The molecule has 0 saturated carbocycles. The Hall–Kier alpha value is -1.50. The number of aryl methyl sites for hydroxylation is 2. The second-order valence-corrected chi connectivity index (χ2v) is 9.54. The molecule has 0 aliphatic heterocycles. The number of anilines is 2. The lowest BCUT2D eigenvalue weighted by atomic mass is 10.2. The summed E-state index contributed by atoms with van der Waals surface area (Å²) in [4.78, 5) is 27.3. The van der Waals surface area contributed by atoms with Gasteiger partial charge in [-0.05, 0) is 50.1 Å². The maximum atomic E-state index is 12.8. The quantitative estimate of drug-likeness (QED) is 0.297. The highest BCUT2D eigenvalue weighted by Crippen LogP contribution is 2.34. The van der Waals surface area contributed by atoms with Crippen LogP contribution in [-0.2, 0) is 9.59 Å². The molecule has 0 unspecified atom stereocenters. The van der Waals surface area contributed by atoms with Crippen LogP contribution < -0.4 is 10.6 Å². The van der Waals surface area contributed by atoms with Crippen LogP contribution in [-0.4, -0.2) is 36.3 Å². The third kappa shape index (κ3) is 8.34. The van der Waals surface area contributed by atoms with Crippen LogP contribution >= 0.6 is 46.4 Å². The molecular weight excluding hydrogens is 504 g/mol. The van der Waals surface area contributed by atoms with Crippen LogP contribution in [0.1, 0.15) is 43.7 Å². The summed E-state index contributed by atoms with van der Waals surface area (Å²) in [6.45, 7) is 6.40. The number of hydrogen-bond acceptors (Lipinski definition) is 3. The standard InChI is InChI=1S/C24H29Cl4N3O2/c1-4-5-6-7-12-31(13-19(32)29-23-17(25)10-8-15(2)21(23)27)14-20(33)30-24-18(26)11-9-16(3)22(24)28/h8-11H,4-7,12-14H2,1-3H3,(H,29,32)(H,30,33). The average molecular weight is 533 g/mol. The lowest BCUT2D eigenvalue weighted by Crippen LogP contribution is -2.39. The van der Waals surface area contributed by atoms with Gasteiger partial charge in [-0.25, -0.2) is 0 Å². The van der Waals surface area contributed by atoms with E-state index in [-0.39, 0.29) is 24.9 Å². The van der Waals surface area contributed by atoms with Crippen molar-refractivity contribution in [2.75, 3.05) is 30.3 Å². The fourth-order valence-electron chi connectivity index (χ4n) is 3.28. The van der Waals surface area contributed by atoms with Gasteiger partial charge in [0.2, 0.25) is 11.8 Å². The molecule has 0 fully saturated rings. The molecule has 0 saturated heterocycles. The molecular formula is C24H29Cl4N3O2. The van der Waals surface area contributed by atoms with Crippen LogP contribution in [0.3, 0.4) is 0 Å². The summed E-state index contributed by atoms with van der Waals surface area (Å²) < 4.78 is 0. The molecule has 2 aromatic rings. The number of carbonyl (C=O) groups excluding carboxylic acids is 2. The molecule has 0 heterocycles. The molecule has 180 valence electrons. The van der Waals surface area contributed by atoms with Gasteiger partial charge in [0.25, 0.3) is 0 Å². The summed E-state index contributed by atoms with van der Waals surface area (Å²) in [5.74, 6) is -0.612. The highest BCUT2D eigenvalue weighted by molar-refractivity contribution is 6.41. The summed E-state index contributed by atoms with van der Waals surface area (Å²) in [7, 11) is 0. The zero-order valence-corrected chi connectivity index (χ0v) is 22.1. The van der Waals surface area contributed by atoms with Crippen LogP contribution in [0.5, 0.6) is 0 Å². The molecule has 0 radical (unpaired) electrons. The number of rotatable bonds is 11. The second kappa shape index (κ2) is 13.4. The number of amides is 2. The molecule has 0 aromatic heterocycles. The van der Waals surface area contributed by atoms with E-state index in [1.165, 1.54) is 0 Å². The minimum Gasteiger partial charge on any atom is -0.322 e. The molecule has 0 aliphatic rings. The van der Waals surface area contributed by atoms with Crippen molar-refractivity contribution in [3.05, 3.63) is 55.5 Å². The maximum absolute atomic E-state index is 12.8. The van der Waals surface area contributed by atoms with Gasteiger partial charge in [-0.1, -0.05) is 84.7 Å². The number of nitrogens with one attached hydrogen (secondary N) is 2. The number of hydrogen-bond donors (Lipinski definition) is 2. The van der Waals surface area contributed by atoms with E-state index >= 15 is 0 Å². The van der Waals surface area contributed by atoms with Crippen LogP contribution in [0.4, 0.5) is 11.4 Å². The Labute approximate surface area is 215 Å². The van der Waals surface area contributed by atoms with Crippen molar-refractivity contribution in [3.8, 4) is 0 Å². The van der Waals surface area contributed by atoms with Gasteiger partial charge in [0.05, 0.1) is 44.6 Å². The van der Waals surface area contributed by atoms with E-state index in [2.05, 4.69) is 17.6 Å². The first-order valence-electron chi connectivity index (χ1n) is 10.8. The zero-order valence-electron chi connectivity index (χ0n) is 19.0. The van der Waals surface area contributed by atoms with Crippen LogP contribution in [0.2, 0.25) is 20.1 Å². The van der Waals surface area contributed by atoms with E-state index in [0.29, 0.717) is 38.0 Å². The van der Waals surface area contributed by atoms with Crippen molar-refractivity contribution < 1.29 is 9.59 Å². The molecule has 9 heteroatoms. The first kappa shape index (κ1) is 27.7. The number of nitrogens with zero attached hydrogens (tertiary/aromatic N) is 1. The van der Waals surface area contributed by atoms with Crippen molar-refractivity contribution in [1.29, 1.82) is 0 Å². The molecule has 2 rings (SSSR count). The average Bonchev–Trinajstić information content (AvgIpc) is 2.77. The summed E-state index contributed by atoms with van der Waals surface area (Å²) >= 11 is 25.1. The Balaban J connectivity index is 2.09. The zero-order chi connectivity index (χ0) is 24.5. The normalized spacial score (nSPS) is 11.0. The third-order valence-electron chi connectivity index (χ3n) is 5.16. The largest absolute Gasteiger partial charge is 0.322 e. The highest BCUT2D eigenvalue weighted by Gasteiger charge is 2.19. The fourth-order valence-corrected chi connectivity index (χ4v) is 4.21. The van der Waals surface area contributed by atoms with Gasteiger partial charge in [-0.3, -0.25) is 14.5 Å². The van der Waals surface area contributed by atoms with Crippen LogP contribution in [0, 0.1) is 13.8 Å². The van der Waals surface area contributed by atoms with E-state index in [1.807, 2.05) is 13.8 Å². The molecule has 5 nitrogen and oxygen atoms in total. The van der Waals surface area contributed by atoms with Gasteiger partial charge in [-0.2, -0.15) is 0 Å². The minimum absolute atomic E-state index is 0.00935. The molecule has 2 amide bonds. The minimum atomic E-state index is -0.306. The smallest absolute Gasteiger partial charge is 0.238 e. The van der Waals surface area contributed by atoms with Crippen molar-refractivity contribution in [1.82, 2.24) is 4.90 Å². The number of halogens is 4. The molecule has 2 aromatic carbocycles. The van der Waals surface area contributed by atoms with Crippen LogP contribution in [0.25, 0.3) is 0 Å². The Morgan fingerprint density at radius 3 is 1.64 bits per heavy atom. The predicted molar refractivity (Wildman–Crippen MR) is 140 cm³/mol. The maximum Gasteiger partial charge on any atom is 0.238 e. The summed E-state index contributed by atoms with van der Waals surface area (Å²) in [6.07, 6.45) is 4.07. The molecule has 0 atom stereocenters. The summed E-state index contributed by atoms with van der Waals surface area (Å²) in [5.41, 5.74) is 2.35. The topological polar surface area (TPSA) is 61.4 Å². The van der Waals surface area contributed by atoms with Gasteiger partial charge in [0.15, 0.2) is 0 Å². The van der Waals surface area contributed by atoms with Crippen molar-refractivity contribution in [2.24, 2.45) is 0 Å². The Morgan fingerprint density at radius 2 is 1.21 bits per heavy atom. The Kier molecular flexibility index (Phi) is 11.3. The lowest BCUT2D eigenvalue weighted by Gasteiger charge is -2.22. The first-order chi connectivity index (χ1) is 15.6. The number of benzene rings is 2. The van der Waals surface area contributed by atoms with Gasteiger partial charge in [0.1, 0.15) is 0 Å². The van der Waals surface area contributed by atoms with E-state index in [0.717, 1.165) is 36.8 Å². The van der Waals surface area contributed by atoms with Crippen molar-refractivity contribution in [2.45, 2.75) is 46.5 Å². The summed E-state index contributed by atoms with van der Waals surface area (Å²) in [5, 5.41) is 7.07. The SMILES string of the molecule is CCCCCCN(CC(=O)Nc1c(Cl)ccc(C)c1Cl)CC(=O)Nc1c(Cl)ccc(C)c1Cl. The second-order valence-electron chi connectivity index (χ2n) is 7.97. The molecule has 0 spiro atoms.